The van der Waals surface area contributed by atoms with Gasteiger partial charge >= 0.3 is 5.97 Å². The molecule has 0 fully saturated rings. The van der Waals surface area contributed by atoms with Crippen molar-refractivity contribution in [2.24, 2.45) is 0 Å². The van der Waals surface area contributed by atoms with Crippen molar-refractivity contribution in [3.8, 4) is 11.8 Å². The molecule has 1 aromatic carbocycles. The summed E-state index contributed by atoms with van der Waals surface area (Å²) < 4.78 is 15.5. The molecule has 7 nitrogen and oxygen atoms in total. The van der Waals surface area contributed by atoms with Crippen molar-refractivity contribution in [2.75, 3.05) is 0 Å². The Morgan fingerprint density at radius 3 is 2.76 bits per heavy atom. The number of aromatic nitrogens is 4. The number of nitrogens with zero attached hydrogens (tertiary/aromatic N) is 5. The molecule has 2 aromatic heterocycles. The molecule has 8 heteroatoms. The first-order valence-corrected chi connectivity index (χ1v) is 7.05. The third-order valence-electron chi connectivity index (χ3n) is 3.34. The van der Waals surface area contributed by atoms with E-state index in [1.165, 1.54) is 47.7 Å². The molecular formula is C17H10FN5O2. The van der Waals surface area contributed by atoms with Crippen molar-refractivity contribution in [1.29, 1.82) is 5.26 Å². The Hall–Kier alpha value is -3.86. The first kappa shape index (κ1) is 16.0. The third-order valence-corrected chi connectivity index (χ3v) is 3.34. The number of halogens is 1. The van der Waals surface area contributed by atoms with E-state index < -0.39 is 11.8 Å². The Kier molecular flexibility index (Phi) is 4.30. The maximum atomic E-state index is 14.2. The number of carboxylic acid groups (broad SMARTS) is 1. The Labute approximate surface area is 141 Å². The van der Waals surface area contributed by atoms with E-state index in [1.807, 2.05) is 6.07 Å². The van der Waals surface area contributed by atoms with Gasteiger partial charge < -0.3 is 5.11 Å². The second-order valence-electron chi connectivity index (χ2n) is 4.93. The van der Waals surface area contributed by atoms with Gasteiger partial charge in [0.25, 0.3) is 0 Å². The zero-order valence-corrected chi connectivity index (χ0v) is 12.7. The summed E-state index contributed by atoms with van der Waals surface area (Å²) in [6.07, 6.45) is 5.70. The predicted molar refractivity (Wildman–Crippen MR) is 86.2 cm³/mol. The first-order valence-electron chi connectivity index (χ1n) is 7.05. The molecule has 0 bridgehead atoms. The highest BCUT2D eigenvalue weighted by Gasteiger charge is 2.09. The fraction of sp³-hybridized carbons (Fsp3) is 0. The molecule has 3 rings (SSSR count). The molecule has 0 atom stereocenters. The zero-order valence-electron chi connectivity index (χ0n) is 12.7. The maximum absolute atomic E-state index is 14.2. The smallest absolute Gasteiger partial charge is 0.354 e. The van der Waals surface area contributed by atoms with Crippen LogP contribution in [-0.4, -0.2) is 30.8 Å². The summed E-state index contributed by atoms with van der Waals surface area (Å²) in [7, 11) is 0. The minimum atomic E-state index is -1.19. The standard InChI is InChI=1S/C17H10FN5O2/c18-13-7-11(2-6-16(13)23-10-20-9-21-23)1-4-14-12(8-19)3-5-15(22-14)17(24)25/h1-7,9-10H,(H,24,25)/b4-1+. The van der Waals surface area contributed by atoms with E-state index in [9.17, 15) is 9.18 Å². The number of rotatable bonds is 4. The van der Waals surface area contributed by atoms with Gasteiger partial charge in [0.15, 0.2) is 0 Å². The lowest BCUT2D eigenvalue weighted by Gasteiger charge is -2.03. The monoisotopic (exact) mass is 335 g/mol. The van der Waals surface area contributed by atoms with Gasteiger partial charge in [-0.1, -0.05) is 12.1 Å². The highest BCUT2D eigenvalue weighted by molar-refractivity contribution is 5.86. The van der Waals surface area contributed by atoms with E-state index >= 15 is 0 Å². The van der Waals surface area contributed by atoms with Crippen LogP contribution in [0.25, 0.3) is 17.8 Å². The first-order chi connectivity index (χ1) is 12.1. The Morgan fingerprint density at radius 1 is 1.28 bits per heavy atom. The van der Waals surface area contributed by atoms with Crippen LogP contribution in [0.2, 0.25) is 0 Å². The number of nitriles is 1. The molecule has 0 aliphatic rings. The molecule has 1 N–H and O–H groups in total. The van der Waals surface area contributed by atoms with Crippen LogP contribution in [0.1, 0.15) is 27.3 Å². The number of benzene rings is 1. The topological polar surface area (TPSA) is 105 Å². The quantitative estimate of drug-likeness (QED) is 0.785. The number of carboxylic acids is 1. The predicted octanol–water partition coefficient (Wildman–Crippen LogP) is 2.54. The van der Waals surface area contributed by atoms with Gasteiger partial charge in [-0.15, -0.1) is 0 Å². The van der Waals surface area contributed by atoms with Crippen LogP contribution in [0.15, 0.2) is 43.0 Å². The zero-order chi connectivity index (χ0) is 17.8. The molecule has 0 saturated carbocycles. The summed E-state index contributed by atoms with van der Waals surface area (Å²) in [5.41, 5.74) is 1.02. The SMILES string of the molecule is N#Cc1ccc(C(=O)O)nc1/C=C/c1ccc(-n2cncn2)c(F)c1. The minimum absolute atomic E-state index is 0.175. The third kappa shape index (κ3) is 3.40. The van der Waals surface area contributed by atoms with Crippen molar-refractivity contribution < 1.29 is 14.3 Å². The van der Waals surface area contributed by atoms with E-state index in [4.69, 9.17) is 10.4 Å². The van der Waals surface area contributed by atoms with Crippen LogP contribution in [0.5, 0.6) is 0 Å². The molecule has 0 spiro atoms. The van der Waals surface area contributed by atoms with E-state index in [0.29, 0.717) is 5.56 Å². The Bertz CT molecular complexity index is 1010. The Balaban J connectivity index is 1.92. The van der Waals surface area contributed by atoms with Crippen LogP contribution < -0.4 is 0 Å². The highest BCUT2D eigenvalue weighted by atomic mass is 19.1. The lowest BCUT2D eigenvalue weighted by molar-refractivity contribution is 0.0690. The van der Waals surface area contributed by atoms with Gasteiger partial charge in [0.1, 0.15) is 35.9 Å². The van der Waals surface area contributed by atoms with Crippen molar-refractivity contribution in [2.45, 2.75) is 0 Å². The largest absolute Gasteiger partial charge is 0.477 e. The van der Waals surface area contributed by atoms with Crippen molar-refractivity contribution in [3.05, 3.63) is 71.3 Å². The number of hydrogen-bond donors (Lipinski definition) is 1. The summed E-state index contributed by atoms with van der Waals surface area (Å²) >= 11 is 0. The van der Waals surface area contributed by atoms with Gasteiger partial charge in [0, 0.05) is 0 Å². The van der Waals surface area contributed by atoms with Crippen LogP contribution >= 0.6 is 0 Å². The molecule has 0 amide bonds. The van der Waals surface area contributed by atoms with E-state index in [2.05, 4.69) is 15.1 Å². The van der Waals surface area contributed by atoms with E-state index in [-0.39, 0.29) is 22.6 Å². The molecule has 3 aromatic rings. The van der Waals surface area contributed by atoms with Crippen LogP contribution in [0, 0.1) is 17.1 Å². The van der Waals surface area contributed by atoms with Crippen LogP contribution in [0.4, 0.5) is 4.39 Å². The van der Waals surface area contributed by atoms with Gasteiger partial charge in [0.05, 0.1) is 11.3 Å². The second-order valence-corrected chi connectivity index (χ2v) is 4.93. The summed E-state index contributed by atoms with van der Waals surface area (Å²) in [4.78, 5) is 18.7. The van der Waals surface area contributed by atoms with Gasteiger partial charge in [-0.2, -0.15) is 10.4 Å². The Morgan fingerprint density at radius 2 is 2.12 bits per heavy atom. The number of carbonyl (C=O) groups is 1. The normalized spacial score (nSPS) is 10.7. The van der Waals surface area contributed by atoms with Gasteiger partial charge in [0.2, 0.25) is 0 Å². The highest BCUT2D eigenvalue weighted by Crippen LogP contribution is 2.17. The maximum Gasteiger partial charge on any atom is 0.354 e. The van der Waals surface area contributed by atoms with Gasteiger partial charge in [-0.3, -0.25) is 0 Å². The van der Waals surface area contributed by atoms with Crippen LogP contribution in [-0.2, 0) is 0 Å². The molecule has 0 saturated heterocycles. The minimum Gasteiger partial charge on any atom is -0.477 e. The molecule has 25 heavy (non-hydrogen) atoms. The molecule has 2 heterocycles. The summed E-state index contributed by atoms with van der Waals surface area (Å²) in [6, 6.07) is 9.06. The lowest BCUT2D eigenvalue weighted by atomic mass is 10.1. The van der Waals surface area contributed by atoms with Crippen molar-refractivity contribution in [3.63, 3.8) is 0 Å². The molecule has 0 aliphatic carbocycles. The average Bonchev–Trinajstić information content (AvgIpc) is 3.14. The molecule has 0 radical (unpaired) electrons. The van der Waals surface area contributed by atoms with Crippen molar-refractivity contribution in [1.82, 2.24) is 19.7 Å². The molecule has 0 aliphatic heterocycles. The summed E-state index contributed by atoms with van der Waals surface area (Å²) in [5.74, 6) is -1.69. The average molecular weight is 335 g/mol. The summed E-state index contributed by atoms with van der Waals surface area (Å²) in [6.45, 7) is 0. The molecular weight excluding hydrogens is 325 g/mol. The molecule has 0 unspecified atom stereocenters. The van der Waals surface area contributed by atoms with Crippen LogP contribution in [0.3, 0.4) is 0 Å². The fourth-order valence-electron chi connectivity index (χ4n) is 2.14. The fourth-order valence-corrected chi connectivity index (χ4v) is 2.14. The summed E-state index contributed by atoms with van der Waals surface area (Å²) in [5, 5.41) is 21.9. The van der Waals surface area contributed by atoms with Gasteiger partial charge in [-0.05, 0) is 35.9 Å². The number of hydrogen-bond acceptors (Lipinski definition) is 5. The van der Waals surface area contributed by atoms with Crippen molar-refractivity contribution >= 4 is 18.1 Å². The second kappa shape index (κ2) is 6.72. The molecule has 122 valence electrons. The van der Waals surface area contributed by atoms with E-state index in [0.717, 1.165) is 0 Å². The lowest BCUT2D eigenvalue weighted by Crippen LogP contribution is -2.02. The van der Waals surface area contributed by atoms with Gasteiger partial charge in [-0.25, -0.2) is 23.8 Å². The number of pyridine rings is 1. The number of aromatic carboxylic acids is 1. The van der Waals surface area contributed by atoms with E-state index in [1.54, 1.807) is 12.1 Å².